The van der Waals surface area contributed by atoms with E-state index in [9.17, 15) is 0 Å². The van der Waals surface area contributed by atoms with Crippen molar-refractivity contribution in [3.63, 3.8) is 0 Å². The molecule has 6 bridgehead atoms. The minimum Gasteiger partial charge on any atom is -0.371 e. The second-order valence-corrected chi connectivity index (χ2v) is 21.1. The summed E-state index contributed by atoms with van der Waals surface area (Å²) in [4.78, 5) is 0. The second-order valence-electron chi connectivity index (χ2n) is 21.1. The molecule has 3 nitrogen and oxygen atoms in total. The monoisotopic (exact) mass is 699 g/mol. The van der Waals surface area contributed by atoms with Crippen LogP contribution in [-0.4, -0.2) is 35.1 Å². The van der Waals surface area contributed by atoms with E-state index in [1.807, 2.05) is 0 Å². The van der Waals surface area contributed by atoms with Crippen LogP contribution in [-0.2, 0) is 14.2 Å². The second kappa shape index (κ2) is 16.6. The SMILES string of the molecule is C=C1CCC2(CC(C)C)OC(C)C1C2C(C)C.CC(C)CC12CCC(C)C(C(C)O1)C2C(C)C.CC(C)CC12CCCC(C(C)O1)C2C(C)C. The summed E-state index contributed by atoms with van der Waals surface area (Å²) in [6, 6.07) is 0. The Morgan fingerprint density at radius 3 is 1.52 bits per heavy atom. The molecule has 0 amide bonds. The van der Waals surface area contributed by atoms with Crippen LogP contribution in [0, 0.1) is 76.9 Å². The van der Waals surface area contributed by atoms with Gasteiger partial charge in [-0.2, -0.15) is 0 Å². The summed E-state index contributed by atoms with van der Waals surface area (Å²) in [5.74, 6) is 9.77. The van der Waals surface area contributed by atoms with Gasteiger partial charge in [-0.1, -0.05) is 109 Å². The number of fused-ring (bicyclic) bond motifs is 6. The molecule has 6 aliphatic rings. The van der Waals surface area contributed by atoms with Crippen LogP contribution in [0.3, 0.4) is 0 Å². The van der Waals surface area contributed by atoms with E-state index in [0.717, 1.165) is 53.3 Å². The van der Waals surface area contributed by atoms with E-state index in [1.165, 1.54) is 69.8 Å². The number of hydrogen-bond acceptors (Lipinski definition) is 3. The third kappa shape index (κ3) is 8.46. The van der Waals surface area contributed by atoms with Gasteiger partial charge in [0.05, 0.1) is 35.1 Å². The average Bonchev–Trinajstić information content (AvgIpc) is 3.41. The van der Waals surface area contributed by atoms with E-state index in [0.29, 0.717) is 42.0 Å². The summed E-state index contributed by atoms with van der Waals surface area (Å²) in [5, 5.41) is 0. The molecule has 3 saturated carbocycles. The van der Waals surface area contributed by atoms with Gasteiger partial charge in [-0.15, -0.1) is 0 Å². The van der Waals surface area contributed by atoms with Crippen LogP contribution in [0.15, 0.2) is 12.2 Å². The van der Waals surface area contributed by atoms with Gasteiger partial charge in [-0.05, 0) is 150 Å². The van der Waals surface area contributed by atoms with Crippen LogP contribution in [0.2, 0.25) is 0 Å². The molecule has 0 aromatic heterocycles. The van der Waals surface area contributed by atoms with Gasteiger partial charge < -0.3 is 14.2 Å². The maximum atomic E-state index is 6.53. The van der Waals surface area contributed by atoms with E-state index in [1.54, 1.807) is 0 Å². The molecular formula is C47H86O3. The topological polar surface area (TPSA) is 27.7 Å². The Balaban J connectivity index is 0.000000169. The molecule has 0 N–H and O–H groups in total. The molecule has 0 radical (unpaired) electrons. The lowest BCUT2D eigenvalue weighted by atomic mass is 9.60. The Bertz CT molecular complexity index is 1090. The van der Waals surface area contributed by atoms with E-state index in [2.05, 4.69) is 117 Å². The van der Waals surface area contributed by atoms with Crippen molar-refractivity contribution in [1.82, 2.24) is 0 Å². The molecule has 3 aliphatic carbocycles. The van der Waals surface area contributed by atoms with Crippen LogP contribution < -0.4 is 0 Å². The predicted octanol–water partition coefficient (Wildman–Crippen LogP) is 13.2. The Labute approximate surface area is 312 Å². The van der Waals surface area contributed by atoms with E-state index < -0.39 is 0 Å². The maximum absolute atomic E-state index is 6.53. The van der Waals surface area contributed by atoms with Crippen molar-refractivity contribution < 1.29 is 14.2 Å². The molecule has 13 unspecified atom stereocenters. The van der Waals surface area contributed by atoms with Gasteiger partial charge in [0.15, 0.2) is 0 Å². The molecule has 6 rings (SSSR count). The van der Waals surface area contributed by atoms with Crippen molar-refractivity contribution in [2.75, 3.05) is 0 Å². The average molecular weight is 699 g/mol. The Morgan fingerprint density at radius 2 is 1.02 bits per heavy atom. The molecule has 3 aliphatic heterocycles. The summed E-state index contributed by atoms with van der Waals surface area (Å²) in [5.41, 5.74) is 2.02. The molecule has 3 heterocycles. The van der Waals surface area contributed by atoms with Crippen molar-refractivity contribution in [2.24, 2.45) is 76.9 Å². The quantitative estimate of drug-likeness (QED) is 0.224. The molecule has 0 aromatic carbocycles. The molecule has 0 spiro atoms. The largest absolute Gasteiger partial charge is 0.371 e. The van der Waals surface area contributed by atoms with E-state index in [4.69, 9.17) is 14.2 Å². The van der Waals surface area contributed by atoms with Gasteiger partial charge >= 0.3 is 0 Å². The van der Waals surface area contributed by atoms with Crippen molar-refractivity contribution in [2.45, 2.75) is 210 Å². The number of ether oxygens (including phenoxy) is 3. The molecule has 292 valence electrons. The fourth-order valence-corrected chi connectivity index (χ4v) is 14.0. The zero-order valence-electron chi connectivity index (χ0n) is 36.2. The molecule has 3 heteroatoms. The normalized spacial score (nSPS) is 43.6. The van der Waals surface area contributed by atoms with Crippen molar-refractivity contribution in [1.29, 1.82) is 0 Å². The summed E-state index contributed by atoms with van der Waals surface area (Å²) < 4.78 is 19.5. The van der Waals surface area contributed by atoms with Crippen LogP contribution in [0.4, 0.5) is 0 Å². The van der Waals surface area contributed by atoms with E-state index >= 15 is 0 Å². The maximum Gasteiger partial charge on any atom is 0.0729 e. The smallest absolute Gasteiger partial charge is 0.0729 e. The highest BCUT2D eigenvalue weighted by Crippen LogP contribution is 2.59. The van der Waals surface area contributed by atoms with Crippen LogP contribution in [0.1, 0.15) is 175 Å². The van der Waals surface area contributed by atoms with Crippen LogP contribution in [0.5, 0.6) is 0 Å². The molecule has 6 fully saturated rings. The molecule has 13 atom stereocenters. The predicted molar refractivity (Wildman–Crippen MR) is 214 cm³/mol. The lowest BCUT2D eigenvalue weighted by Crippen LogP contribution is -2.45. The summed E-state index contributed by atoms with van der Waals surface area (Å²) >= 11 is 0. The fourth-order valence-electron chi connectivity index (χ4n) is 14.0. The zero-order chi connectivity index (χ0) is 37.5. The highest BCUT2D eigenvalue weighted by Gasteiger charge is 2.59. The molecule has 3 saturated heterocycles. The van der Waals surface area contributed by atoms with Gasteiger partial charge in [0, 0.05) is 5.92 Å². The van der Waals surface area contributed by atoms with Gasteiger partial charge in [0.1, 0.15) is 0 Å². The van der Waals surface area contributed by atoms with Gasteiger partial charge in [-0.25, -0.2) is 0 Å². The first-order valence-electron chi connectivity index (χ1n) is 21.9. The molecular weight excluding hydrogens is 613 g/mol. The minimum absolute atomic E-state index is 0.146. The van der Waals surface area contributed by atoms with Crippen molar-refractivity contribution in [3.8, 4) is 0 Å². The summed E-state index contributed by atoms with van der Waals surface area (Å²) in [6.45, 7) is 41.9. The van der Waals surface area contributed by atoms with Gasteiger partial charge in [-0.3, -0.25) is 0 Å². The first kappa shape index (κ1) is 42.4. The fraction of sp³-hybridized carbons (Fsp3) is 0.957. The highest BCUT2D eigenvalue weighted by atomic mass is 16.5. The minimum atomic E-state index is 0.146. The first-order chi connectivity index (χ1) is 23.2. The third-order valence-corrected chi connectivity index (χ3v) is 14.6. The van der Waals surface area contributed by atoms with Gasteiger partial charge in [0.2, 0.25) is 0 Å². The standard InChI is InChI=1S/C16H30O.C16H28O.C15H28O/c2*1-10(2)9-16-8-7-12(5)14(13(6)17-16)15(16)11(3)4;1-10(2)9-15-8-6-7-13(12(5)16-15)14(15)11(3)4/h10-15H,7-9H2,1-6H3;10-11,13-15H,5,7-9H2,1-4,6H3;10-14H,6-9H2,1-5H3. The van der Waals surface area contributed by atoms with E-state index in [-0.39, 0.29) is 16.8 Å². The van der Waals surface area contributed by atoms with Crippen molar-refractivity contribution >= 4 is 0 Å². The third-order valence-electron chi connectivity index (χ3n) is 14.6. The lowest BCUT2D eigenvalue weighted by molar-refractivity contribution is -0.0819. The Kier molecular flexibility index (Phi) is 14.0. The first-order valence-corrected chi connectivity index (χ1v) is 21.9. The zero-order valence-corrected chi connectivity index (χ0v) is 36.2. The summed E-state index contributed by atoms with van der Waals surface area (Å²) in [7, 11) is 0. The van der Waals surface area contributed by atoms with Gasteiger partial charge in [0.25, 0.3) is 0 Å². The van der Waals surface area contributed by atoms with Crippen LogP contribution >= 0.6 is 0 Å². The van der Waals surface area contributed by atoms with Crippen LogP contribution in [0.25, 0.3) is 0 Å². The lowest BCUT2D eigenvalue weighted by Gasteiger charge is -2.45. The number of hydrogen-bond donors (Lipinski definition) is 0. The Morgan fingerprint density at radius 1 is 0.560 bits per heavy atom. The molecule has 0 aromatic rings. The highest BCUT2D eigenvalue weighted by molar-refractivity contribution is 5.19. The Hall–Kier alpha value is -0.380. The number of rotatable bonds is 9. The van der Waals surface area contributed by atoms with Crippen molar-refractivity contribution in [3.05, 3.63) is 12.2 Å². The summed E-state index contributed by atoms with van der Waals surface area (Å²) in [6.07, 6.45) is 14.1. The molecule has 50 heavy (non-hydrogen) atoms.